The van der Waals surface area contributed by atoms with Crippen LogP contribution in [0, 0.1) is 0 Å². The van der Waals surface area contributed by atoms with E-state index >= 15 is 0 Å². The molecule has 2 unspecified atom stereocenters. The number of benzene rings is 3. The van der Waals surface area contributed by atoms with E-state index in [9.17, 15) is 9.59 Å². The van der Waals surface area contributed by atoms with Crippen LogP contribution in [0.25, 0.3) is 10.8 Å². The summed E-state index contributed by atoms with van der Waals surface area (Å²) in [5.74, 6) is -1.12. The van der Waals surface area contributed by atoms with Crippen LogP contribution < -0.4 is 10.2 Å². The fraction of sp³-hybridized carbons (Fsp3) is 0.250. The highest BCUT2D eigenvalue weighted by molar-refractivity contribution is 5.96. The van der Waals surface area contributed by atoms with Gasteiger partial charge in [0.1, 0.15) is 6.61 Å². The fourth-order valence-corrected chi connectivity index (χ4v) is 3.83. The van der Waals surface area contributed by atoms with Gasteiger partial charge < -0.3 is 20.1 Å². The van der Waals surface area contributed by atoms with Crippen LogP contribution in [-0.4, -0.2) is 42.8 Å². The number of morpholine rings is 1. The van der Waals surface area contributed by atoms with Crippen molar-refractivity contribution in [1.29, 1.82) is 0 Å². The van der Waals surface area contributed by atoms with Crippen molar-refractivity contribution in [3.63, 3.8) is 0 Å². The molecule has 154 valence electrons. The smallest absolute Gasteiger partial charge is 0.335 e. The van der Waals surface area contributed by atoms with E-state index in [1.165, 1.54) is 28.5 Å². The lowest BCUT2D eigenvalue weighted by Crippen LogP contribution is -2.50. The van der Waals surface area contributed by atoms with Gasteiger partial charge in [0, 0.05) is 18.3 Å². The number of fused-ring (bicyclic) bond motifs is 1. The zero-order chi connectivity index (χ0) is 21.1. The number of carboxylic acid groups (broad SMARTS) is 1. The average Bonchev–Trinajstić information content (AvgIpc) is 2.78. The number of aromatic carboxylic acids is 1. The van der Waals surface area contributed by atoms with E-state index in [4.69, 9.17) is 9.84 Å². The number of amides is 1. The first-order valence-electron chi connectivity index (χ1n) is 9.99. The molecule has 0 aliphatic carbocycles. The first kappa shape index (κ1) is 20.1. The Morgan fingerprint density at radius 2 is 1.87 bits per heavy atom. The molecular formula is C24H24N2O4. The SMILES string of the molecule is CC(NCC1CN(c2ccc(C(=O)O)cc2)C(=O)CO1)c1cccc2ccccc12. The van der Waals surface area contributed by atoms with Crippen LogP contribution in [0.15, 0.2) is 66.7 Å². The van der Waals surface area contributed by atoms with Crippen molar-refractivity contribution in [1.82, 2.24) is 5.32 Å². The van der Waals surface area contributed by atoms with E-state index in [1.54, 1.807) is 17.0 Å². The van der Waals surface area contributed by atoms with Crippen LogP contribution in [-0.2, 0) is 9.53 Å². The summed E-state index contributed by atoms with van der Waals surface area (Å²) in [5, 5.41) is 15.0. The van der Waals surface area contributed by atoms with Crippen molar-refractivity contribution in [2.75, 3.05) is 24.6 Å². The minimum absolute atomic E-state index is 0.00960. The van der Waals surface area contributed by atoms with Crippen molar-refractivity contribution in [3.05, 3.63) is 77.9 Å². The number of rotatable bonds is 6. The lowest BCUT2D eigenvalue weighted by atomic mass is 9.99. The summed E-state index contributed by atoms with van der Waals surface area (Å²) < 4.78 is 5.73. The third-order valence-corrected chi connectivity index (χ3v) is 5.50. The summed E-state index contributed by atoms with van der Waals surface area (Å²) in [5.41, 5.74) is 2.10. The number of carboxylic acids is 1. The molecule has 1 fully saturated rings. The maximum absolute atomic E-state index is 12.3. The maximum atomic E-state index is 12.3. The third kappa shape index (κ3) is 4.20. The highest BCUT2D eigenvalue weighted by Crippen LogP contribution is 2.24. The molecule has 6 heteroatoms. The van der Waals surface area contributed by atoms with Gasteiger partial charge in [0.05, 0.1) is 18.2 Å². The monoisotopic (exact) mass is 404 g/mol. The summed E-state index contributed by atoms with van der Waals surface area (Å²) in [4.78, 5) is 25.0. The minimum atomic E-state index is -0.987. The van der Waals surface area contributed by atoms with E-state index < -0.39 is 5.97 Å². The number of nitrogens with zero attached hydrogens (tertiary/aromatic N) is 1. The fourth-order valence-electron chi connectivity index (χ4n) is 3.83. The van der Waals surface area contributed by atoms with Crippen LogP contribution in [0.4, 0.5) is 5.69 Å². The minimum Gasteiger partial charge on any atom is -0.478 e. The number of hydrogen-bond donors (Lipinski definition) is 2. The topological polar surface area (TPSA) is 78.9 Å². The van der Waals surface area contributed by atoms with Crippen molar-refractivity contribution in [2.24, 2.45) is 0 Å². The molecule has 1 amide bonds. The third-order valence-electron chi connectivity index (χ3n) is 5.50. The van der Waals surface area contributed by atoms with Crippen LogP contribution in [0.5, 0.6) is 0 Å². The van der Waals surface area contributed by atoms with Crippen molar-refractivity contribution < 1.29 is 19.4 Å². The molecule has 0 aromatic heterocycles. The van der Waals surface area contributed by atoms with Crippen LogP contribution in [0.2, 0.25) is 0 Å². The van der Waals surface area contributed by atoms with E-state index in [0.717, 1.165) is 0 Å². The largest absolute Gasteiger partial charge is 0.478 e. The van der Waals surface area contributed by atoms with Gasteiger partial charge in [-0.25, -0.2) is 4.79 Å². The highest BCUT2D eigenvalue weighted by atomic mass is 16.5. The average molecular weight is 404 g/mol. The number of ether oxygens (including phenoxy) is 1. The molecule has 0 radical (unpaired) electrons. The second kappa shape index (κ2) is 8.65. The lowest BCUT2D eigenvalue weighted by Gasteiger charge is -2.33. The predicted molar refractivity (Wildman–Crippen MR) is 116 cm³/mol. The number of carbonyl (C=O) groups excluding carboxylic acids is 1. The van der Waals surface area contributed by atoms with E-state index in [0.29, 0.717) is 18.8 Å². The summed E-state index contributed by atoms with van der Waals surface area (Å²) >= 11 is 0. The predicted octanol–water partition coefficient (Wildman–Crippen LogP) is 3.62. The number of nitrogens with one attached hydrogen (secondary N) is 1. The molecule has 6 nitrogen and oxygen atoms in total. The standard InChI is InChI=1S/C24H24N2O4/c1-16(21-8-4-6-17-5-2-3-7-22(17)21)25-13-20-14-26(23(27)15-30-20)19-11-9-18(10-12-19)24(28)29/h2-12,16,20,25H,13-15H2,1H3,(H,28,29). The van der Waals surface area contributed by atoms with Crippen LogP contribution >= 0.6 is 0 Å². The van der Waals surface area contributed by atoms with Gasteiger partial charge in [-0.1, -0.05) is 42.5 Å². The van der Waals surface area contributed by atoms with Gasteiger partial charge in [0.25, 0.3) is 5.91 Å². The zero-order valence-electron chi connectivity index (χ0n) is 16.7. The highest BCUT2D eigenvalue weighted by Gasteiger charge is 2.28. The Morgan fingerprint density at radius 1 is 1.13 bits per heavy atom. The number of carbonyl (C=O) groups is 2. The molecule has 1 aliphatic heterocycles. The van der Waals surface area contributed by atoms with Gasteiger partial charge in [-0.05, 0) is 47.5 Å². The molecule has 0 saturated carbocycles. The molecule has 0 bridgehead atoms. The zero-order valence-corrected chi connectivity index (χ0v) is 16.7. The Labute approximate surface area is 175 Å². The Bertz CT molecular complexity index is 1060. The summed E-state index contributed by atoms with van der Waals surface area (Å²) in [7, 11) is 0. The quantitative estimate of drug-likeness (QED) is 0.656. The Balaban J connectivity index is 1.42. The molecule has 0 spiro atoms. The molecular weight excluding hydrogens is 380 g/mol. The maximum Gasteiger partial charge on any atom is 0.335 e. The lowest BCUT2D eigenvalue weighted by molar-refractivity contribution is -0.129. The first-order chi connectivity index (χ1) is 14.5. The second-order valence-electron chi connectivity index (χ2n) is 7.49. The van der Waals surface area contributed by atoms with Gasteiger partial charge >= 0.3 is 5.97 Å². The molecule has 1 aliphatic rings. The molecule has 1 heterocycles. The summed E-state index contributed by atoms with van der Waals surface area (Å²) in [6.45, 7) is 3.15. The van der Waals surface area contributed by atoms with Gasteiger partial charge in [-0.2, -0.15) is 0 Å². The molecule has 3 aromatic rings. The molecule has 2 N–H and O–H groups in total. The van der Waals surface area contributed by atoms with Gasteiger partial charge in [-0.3, -0.25) is 4.79 Å². The Kier molecular flexibility index (Phi) is 5.79. The van der Waals surface area contributed by atoms with Crippen LogP contribution in [0.3, 0.4) is 0 Å². The Morgan fingerprint density at radius 3 is 2.63 bits per heavy atom. The van der Waals surface area contributed by atoms with Crippen LogP contribution in [0.1, 0.15) is 28.9 Å². The van der Waals surface area contributed by atoms with Gasteiger partial charge in [0.15, 0.2) is 0 Å². The molecule has 2 atom stereocenters. The van der Waals surface area contributed by atoms with E-state index in [2.05, 4.69) is 42.6 Å². The molecule has 30 heavy (non-hydrogen) atoms. The van der Waals surface area contributed by atoms with Crippen molar-refractivity contribution >= 4 is 28.3 Å². The number of anilines is 1. The van der Waals surface area contributed by atoms with Crippen molar-refractivity contribution in [2.45, 2.75) is 19.1 Å². The van der Waals surface area contributed by atoms with E-state index in [-0.39, 0.29) is 30.2 Å². The molecule has 4 rings (SSSR count). The van der Waals surface area contributed by atoms with E-state index in [1.807, 2.05) is 12.1 Å². The summed E-state index contributed by atoms with van der Waals surface area (Å²) in [6.07, 6.45) is -0.153. The van der Waals surface area contributed by atoms with Gasteiger partial charge in [-0.15, -0.1) is 0 Å². The Hall–Kier alpha value is -3.22. The molecule has 3 aromatic carbocycles. The normalized spacial score (nSPS) is 17.8. The molecule has 1 saturated heterocycles. The van der Waals surface area contributed by atoms with Gasteiger partial charge in [0.2, 0.25) is 0 Å². The first-order valence-corrected chi connectivity index (χ1v) is 9.99. The second-order valence-corrected chi connectivity index (χ2v) is 7.49. The van der Waals surface area contributed by atoms with Crippen molar-refractivity contribution in [3.8, 4) is 0 Å². The number of hydrogen-bond acceptors (Lipinski definition) is 4. The summed E-state index contributed by atoms with van der Waals surface area (Å²) in [6, 6.07) is 21.1.